The Morgan fingerprint density at radius 2 is 1.89 bits per heavy atom. The average molecular weight is 366 g/mol. The van der Waals surface area contributed by atoms with Crippen LogP contribution < -0.4 is 21.7 Å². The molecular formula is C18H22N8O. The zero-order chi connectivity index (χ0) is 18.9. The molecule has 0 saturated heterocycles. The molecule has 1 unspecified atom stereocenters. The van der Waals surface area contributed by atoms with Crippen LogP contribution in [0.3, 0.4) is 0 Å². The highest BCUT2D eigenvalue weighted by Crippen LogP contribution is 2.43. The van der Waals surface area contributed by atoms with Crippen LogP contribution in [0.4, 0.5) is 22.9 Å². The van der Waals surface area contributed by atoms with Crippen molar-refractivity contribution < 1.29 is 4.63 Å². The second kappa shape index (κ2) is 6.76. The number of aromatic nitrogens is 3. The summed E-state index contributed by atoms with van der Waals surface area (Å²) < 4.78 is 4.86. The van der Waals surface area contributed by atoms with Crippen molar-refractivity contribution in [1.29, 1.82) is 0 Å². The maximum absolute atomic E-state index is 6.02. The third-order valence-electron chi connectivity index (χ3n) is 4.54. The zero-order valence-corrected chi connectivity index (χ0v) is 15.2. The van der Waals surface area contributed by atoms with Crippen LogP contribution in [0, 0.1) is 0 Å². The van der Waals surface area contributed by atoms with Crippen molar-refractivity contribution in [2.45, 2.75) is 5.66 Å². The molecule has 3 heterocycles. The van der Waals surface area contributed by atoms with Gasteiger partial charge in [-0.25, -0.2) is 4.63 Å². The van der Waals surface area contributed by atoms with E-state index in [1.54, 1.807) is 12.4 Å². The molecule has 27 heavy (non-hydrogen) atoms. The molecule has 0 radical (unpaired) electrons. The molecule has 9 nitrogen and oxygen atoms in total. The minimum Gasteiger partial charge on any atom is -0.384 e. The number of hydrogen-bond donors (Lipinski definition) is 4. The number of nitrogens with two attached hydrogens (primary N) is 1. The van der Waals surface area contributed by atoms with Crippen LogP contribution in [-0.4, -0.2) is 47.4 Å². The van der Waals surface area contributed by atoms with E-state index in [0.29, 0.717) is 5.69 Å². The molecule has 1 aliphatic heterocycles. The molecule has 0 bridgehead atoms. The second-order valence-electron chi connectivity index (χ2n) is 6.73. The lowest BCUT2D eigenvalue weighted by Gasteiger charge is -2.29. The molecular weight excluding hydrogens is 344 g/mol. The summed E-state index contributed by atoms with van der Waals surface area (Å²) in [7, 11) is 4.10. The predicted octanol–water partition coefficient (Wildman–Crippen LogP) is 1.76. The van der Waals surface area contributed by atoms with Gasteiger partial charge in [0, 0.05) is 30.5 Å². The van der Waals surface area contributed by atoms with Crippen LogP contribution >= 0.6 is 0 Å². The molecule has 0 saturated carbocycles. The fraction of sp³-hybridized carbons (Fsp3) is 0.278. The lowest BCUT2D eigenvalue weighted by atomic mass is 9.96. The molecule has 4 rings (SSSR count). The first-order chi connectivity index (χ1) is 13.1. The molecule has 5 N–H and O–H groups in total. The van der Waals surface area contributed by atoms with Crippen LogP contribution in [0.15, 0.2) is 47.4 Å². The summed E-state index contributed by atoms with van der Waals surface area (Å²) >= 11 is 0. The van der Waals surface area contributed by atoms with Crippen molar-refractivity contribution in [3.63, 3.8) is 0 Å². The molecule has 3 aromatic rings. The fourth-order valence-electron chi connectivity index (χ4n) is 3.16. The SMILES string of the molecule is CN(C)CCNc1ccc(C2(c3nonc3N)Nc3ccncc3N2)cc1. The van der Waals surface area contributed by atoms with E-state index in [1.807, 2.05) is 30.3 Å². The number of pyridine rings is 1. The van der Waals surface area contributed by atoms with Gasteiger partial charge < -0.3 is 26.6 Å². The van der Waals surface area contributed by atoms with Crippen LogP contribution in [0.1, 0.15) is 11.3 Å². The second-order valence-corrected chi connectivity index (χ2v) is 6.73. The van der Waals surface area contributed by atoms with Gasteiger partial charge in [-0.15, -0.1) is 0 Å². The number of nitrogens with zero attached hydrogens (tertiary/aromatic N) is 4. The van der Waals surface area contributed by atoms with E-state index >= 15 is 0 Å². The van der Waals surface area contributed by atoms with Gasteiger partial charge in [0.15, 0.2) is 17.2 Å². The molecule has 1 aliphatic rings. The smallest absolute Gasteiger partial charge is 0.196 e. The van der Waals surface area contributed by atoms with Crippen molar-refractivity contribution in [3.05, 3.63) is 54.0 Å². The van der Waals surface area contributed by atoms with Crippen molar-refractivity contribution in [3.8, 4) is 0 Å². The summed E-state index contributed by atoms with van der Waals surface area (Å²) in [4.78, 5) is 6.31. The Bertz CT molecular complexity index is 896. The van der Waals surface area contributed by atoms with E-state index in [1.165, 1.54) is 0 Å². The average Bonchev–Trinajstić information content (AvgIpc) is 3.26. The van der Waals surface area contributed by atoms with Crippen LogP contribution in [-0.2, 0) is 5.66 Å². The Labute approximate surface area is 156 Å². The van der Waals surface area contributed by atoms with Gasteiger partial charge >= 0.3 is 0 Å². The quantitative estimate of drug-likeness (QED) is 0.517. The van der Waals surface area contributed by atoms with Gasteiger partial charge in [-0.05, 0) is 42.6 Å². The normalized spacial score (nSPS) is 18.0. The Balaban J connectivity index is 1.66. The van der Waals surface area contributed by atoms with Gasteiger partial charge in [0.1, 0.15) is 0 Å². The summed E-state index contributed by atoms with van der Waals surface area (Å²) in [6.45, 7) is 1.82. The lowest BCUT2D eigenvalue weighted by molar-refractivity contribution is 0.301. The van der Waals surface area contributed by atoms with E-state index in [2.05, 4.69) is 50.2 Å². The topological polar surface area (TPSA) is 117 Å². The van der Waals surface area contributed by atoms with Crippen molar-refractivity contribution in [1.82, 2.24) is 20.2 Å². The Morgan fingerprint density at radius 1 is 1.11 bits per heavy atom. The van der Waals surface area contributed by atoms with E-state index in [4.69, 9.17) is 10.4 Å². The monoisotopic (exact) mass is 366 g/mol. The first kappa shape index (κ1) is 17.1. The van der Waals surface area contributed by atoms with Crippen molar-refractivity contribution in [2.24, 2.45) is 0 Å². The van der Waals surface area contributed by atoms with Crippen LogP contribution in [0.5, 0.6) is 0 Å². The number of nitrogen functional groups attached to an aromatic ring is 1. The van der Waals surface area contributed by atoms with Crippen LogP contribution in [0.2, 0.25) is 0 Å². The van der Waals surface area contributed by atoms with E-state index in [9.17, 15) is 0 Å². The number of rotatable bonds is 6. The van der Waals surface area contributed by atoms with Crippen LogP contribution in [0.25, 0.3) is 0 Å². The summed E-state index contributed by atoms with van der Waals surface area (Å²) in [6.07, 6.45) is 3.48. The third-order valence-corrected chi connectivity index (χ3v) is 4.54. The predicted molar refractivity (Wildman–Crippen MR) is 104 cm³/mol. The largest absolute Gasteiger partial charge is 0.384 e. The minimum absolute atomic E-state index is 0.226. The molecule has 0 amide bonds. The summed E-state index contributed by atoms with van der Waals surface area (Å²) in [5, 5.41) is 18.1. The molecule has 140 valence electrons. The standard InChI is InChI=1S/C18H22N8O/c1-26(2)10-9-21-13-5-3-12(4-6-13)18(16-17(19)25-27-24-16)22-14-7-8-20-11-15(14)23-18/h3-8,11,21-23H,9-10H2,1-2H3,(H2,19,25). The Morgan fingerprint density at radius 3 is 2.56 bits per heavy atom. The van der Waals surface area contributed by atoms with Gasteiger partial charge in [0.05, 0.1) is 17.6 Å². The number of anilines is 4. The molecule has 0 aliphatic carbocycles. The molecule has 0 fully saturated rings. The third kappa shape index (κ3) is 3.13. The highest BCUT2D eigenvalue weighted by atomic mass is 16.6. The first-order valence-corrected chi connectivity index (χ1v) is 8.66. The number of fused-ring (bicyclic) bond motifs is 1. The molecule has 1 aromatic carbocycles. The molecule has 1 atom stereocenters. The maximum atomic E-state index is 6.02. The van der Waals surface area contributed by atoms with E-state index in [-0.39, 0.29) is 5.82 Å². The van der Waals surface area contributed by atoms with Gasteiger partial charge in [0.2, 0.25) is 0 Å². The first-order valence-electron chi connectivity index (χ1n) is 8.66. The number of nitrogens with one attached hydrogen (secondary N) is 3. The number of likely N-dealkylation sites (N-methyl/N-ethyl adjacent to an activating group) is 1. The van der Waals surface area contributed by atoms with Gasteiger partial charge in [-0.2, -0.15) is 0 Å². The van der Waals surface area contributed by atoms with Gasteiger partial charge in [-0.3, -0.25) is 4.98 Å². The Kier molecular flexibility index (Phi) is 4.28. The van der Waals surface area contributed by atoms with Gasteiger partial charge in [0.25, 0.3) is 0 Å². The highest BCUT2D eigenvalue weighted by molar-refractivity contribution is 5.79. The Hall–Kier alpha value is -3.33. The van der Waals surface area contributed by atoms with E-state index < -0.39 is 5.66 Å². The fourth-order valence-corrected chi connectivity index (χ4v) is 3.16. The highest BCUT2D eigenvalue weighted by Gasteiger charge is 2.44. The van der Waals surface area contributed by atoms with Crippen molar-refractivity contribution in [2.75, 3.05) is 48.9 Å². The molecule has 0 spiro atoms. The van der Waals surface area contributed by atoms with Gasteiger partial charge in [-0.1, -0.05) is 12.1 Å². The summed E-state index contributed by atoms with van der Waals surface area (Å²) in [6, 6.07) is 9.99. The molecule has 9 heteroatoms. The lowest BCUT2D eigenvalue weighted by Crippen LogP contribution is -2.41. The maximum Gasteiger partial charge on any atom is 0.196 e. The molecule has 2 aromatic heterocycles. The number of hydrogen-bond acceptors (Lipinski definition) is 9. The minimum atomic E-state index is -0.877. The summed E-state index contributed by atoms with van der Waals surface area (Å²) in [5.41, 5.74) is 9.35. The zero-order valence-electron chi connectivity index (χ0n) is 15.2. The van der Waals surface area contributed by atoms with Crippen molar-refractivity contribution >= 4 is 22.9 Å². The summed E-state index contributed by atoms with van der Waals surface area (Å²) in [5.74, 6) is 0.226. The van der Waals surface area contributed by atoms with E-state index in [0.717, 1.165) is 35.7 Å². The number of benzene rings is 1.